The third-order valence-corrected chi connectivity index (χ3v) is 5.52. The second kappa shape index (κ2) is 6.37. The van der Waals surface area contributed by atoms with Crippen LogP contribution in [0.4, 0.5) is 0 Å². The molecule has 1 heterocycles. The zero-order valence-corrected chi connectivity index (χ0v) is 13.2. The van der Waals surface area contributed by atoms with Gasteiger partial charge in [-0.05, 0) is 26.0 Å². The zero-order valence-electron chi connectivity index (χ0n) is 13.2. The third-order valence-electron chi connectivity index (χ3n) is 5.52. The van der Waals surface area contributed by atoms with Crippen molar-refractivity contribution in [2.24, 2.45) is 5.73 Å². The molecule has 2 N–H and O–H groups in total. The summed E-state index contributed by atoms with van der Waals surface area (Å²) in [4.78, 5) is 2.54. The fourth-order valence-corrected chi connectivity index (χ4v) is 4.03. The summed E-state index contributed by atoms with van der Waals surface area (Å²) in [7, 11) is 2.26. The Bertz CT molecular complexity index is 466. The van der Waals surface area contributed by atoms with Gasteiger partial charge in [-0.2, -0.15) is 0 Å². The average Bonchev–Trinajstić information content (AvgIpc) is 2.76. The van der Waals surface area contributed by atoms with Crippen LogP contribution in [0.15, 0.2) is 24.3 Å². The molecule has 1 aliphatic heterocycles. The molecule has 1 aliphatic carbocycles. The first kappa shape index (κ1) is 14.9. The number of hydrogen-bond acceptors (Lipinski definition) is 3. The van der Waals surface area contributed by atoms with Crippen LogP contribution in [0.2, 0.25) is 0 Å². The van der Waals surface area contributed by atoms with E-state index < -0.39 is 0 Å². The van der Waals surface area contributed by atoms with Crippen molar-refractivity contribution in [3.05, 3.63) is 29.8 Å². The van der Waals surface area contributed by atoms with Gasteiger partial charge in [-0.15, -0.1) is 0 Å². The van der Waals surface area contributed by atoms with Crippen molar-refractivity contribution in [3.63, 3.8) is 0 Å². The Morgan fingerprint density at radius 1 is 1.19 bits per heavy atom. The third kappa shape index (κ3) is 2.95. The molecule has 3 nitrogen and oxygen atoms in total. The van der Waals surface area contributed by atoms with E-state index in [-0.39, 0.29) is 5.54 Å². The fourth-order valence-electron chi connectivity index (χ4n) is 4.03. The van der Waals surface area contributed by atoms with Gasteiger partial charge in [-0.1, -0.05) is 43.9 Å². The van der Waals surface area contributed by atoms with E-state index in [4.69, 9.17) is 10.5 Å². The number of benzene rings is 1. The Labute approximate surface area is 128 Å². The molecule has 2 aliphatic rings. The zero-order chi connectivity index (χ0) is 14.7. The second-order valence-corrected chi connectivity index (χ2v) is 6.77. The minimum absolute atomic E-state index is 0.202. The molecule has 0 amide bonds. The predicted molar refractivity (Wildman–Crippen MR) is 86.8 cm³/mol. The molecule has 21 heavy (non-hydrogen) atoms. The van der Waals surface area contributed by atoms with Crippen LogP contribution in [0.3, 0.4) is 0 Å². The number of rotatable bonds is 4. The minimum Gasteiger partial charge on any atom is -0.493 e. The first-order valence-electron chi connectivity index (χ1n) is 8.38. The average molecular weight is 288 g/mol. The van der Waals surface area contributed by atoms with Gasteiger partial charge in [-0.3, -0.25) is 4.90 Å². The van der Waals surface area contributed by atoms with Crippen molar-refractivity contribution < 1.29 is 4.74 Å². The van der Waals surface area contributed by atoms with Gasteiger partial charge in [0.1, 0.15) is 5.75 Å². The maximum atomic E-state index is 6.20. The summed E-state index contributed by atoms with van der Waals surface area (Å²) >= 11 is 0. The number of nitrogens with two attached hydrogens (primary N) is 1. The quantitative estimate of drug-likeness (QED) is 0.865. The number of likely N-dealkylation sites (N-methyl/N-ethyl adjacent to an activating group) is 1. The molecule has 1 atom stereocenters. The number of fused-ring (bicyclic) bond motifs is 1. The first-order chi connectivity index (χ1) is 10.2. The maximum absolute atomic E-state index is 6.20. The highest BCUT2D eigenvalue weighted by Crippen LogP contribution is 2.37. The maximum Gasteiger partial charge on any atom is 0.122 e. The topological polar surface area (TPSA) is 38.5 Å². The molecule has 1 aromatic carbocycles. The molecule has 0 aromatic heterocycles. The molecule has 0 saturated heterocycles. The highest BCUT2D eigenvalue weighted by molar-refractivity contribution is 5.39. The van der Waals surface area contributed by atoms with Crippen molar-refractivity contribution in [2.45, 2.75) is 50.0 Å². The summed E-state index contributed by atoms with van der Waals surface area (Å²) in [5, 5.41) is 0. The fraction of sp³-hybridized carbons (Fsp3) is 0.667. The van der Waals surface area contributed by atoms with E-state index in [2.05, 4.69) is 36.2 Å². The Hall–Kier alpha value is -1.06. The van der Waals surface area contributed by atoms with Gasteiger partial charge in [0.2, 0.25) is 0 Å². The van der Waals surface area contributed by atoms with Gasteiger partial charge in [0.05, 0.1) is 6.61 Å². The number of nitrogens with zero attached hydrogens (tertiary/aromatic N) is 1. The molecule has 0 radical (unpaired) electrons. The van der Waals surface area contributed by atoms with Gasteiger partial charge in [0, 0.05) is 30.1 Å². The van der Waals surface area contributed by atoms with Gasteiger partial charge in [-0.25, -0.2) is 0 Å². The van der Waals surface area contributed by atoms with Crippen LogP contribution in [0, 0.1) is 0 Å². The van der Waals surface area contributed by atoms with Crippen LogP contribution < -0.4 is 10.5 Å². The van der Waals surface area contributed by atoms with Crippen molar-refractivity contribution >= 4 is 0 Å². The molecular weight excluding hydrogens is 260 g/mol. The predicted octanol–water partition coefficient (Wildman–Crippen LogP) is 3.15. The van der Waals surface area contributed by atoms with Crippen molar-refractivity contribution in [2.75, 3.05) is 26.7 Å². The van der Waals surface area contributed by atoms with E-state index in [1.165, 1.54) is 44.1 Å². The van der Waals surface area contributed by atoms with E-state index in [9.17, 15) is 0 Å². The first-order valence-corrected chi connectivity index (χ1v) is 8.38. The molecule has 0 bridgehead atoms. The molecule has 1 fully saturated rings. The Morgan fingerprint density at radius 3 is 2.62 bits per heavy atom. The van der Waals surface area contributed by atoms with Crippen molar-refractivity contribution in [3.8, 4) is 5.75 Å². The molecule has 1 unspecified atom stereocenters. The lowest BCUT2D eigenvalue weighted by Crippen LogP contribution is -2.53. The summed E-state index contributed by atoms with van der Waals surface area (Å²) in [5.41, 5.74) is 7.77. The molecule has 3 heteroatoms. The van der Waals surface area contributed by atoms with E-state index >= 15 is 0 Å². The van der Waals surface area contributed by atoms with Gasteiger partial charge >= 0.3 is 0 Å². The monoisotopic (exact) mass is 288 g/mol. The van der Waals surface area contributed by atoms with E-state index in [0.717, 1.165) is 25.4 Å². The SMILES string of the molecule is CN(CC1COc2ccccc21)C1(CN)CCCCCC1. The van der Waals surface area contributed by atoms with Gasteiger partial charge in [0.25, 0.3) is 0 Å². The summed E-state index contributed by atoms with van der Waals surface area (Å²) < 4.78 is 5.83. The molecule has 1 aromatic rings. The largest absolute Gasteiger partial charge is 0.493 e. The van der Waals surface area contributed by atoms with Crippen LogP contribution in [0.5, 0.6) is 5.75 Å². The van der Waals surface area contributed by atoms with Crippen LogP contribution in [-0.4, -0.2) is 37.2 Å². The Kier molecular flexibility index (Phi) is 4.51. The lowest BCUT2D eigenvalue weighted by atomic mass is 9.87. The summed E-state index contributed by atoms with van der Waals surface area (Å²) in [6.45, 7) is 2.64. The summed E-state index contributed by atoms with van der Waals surface area (Å²) in [5.74, 6) is 1.55. The van der Waals surface area contributed by atoms with Crippen LogP contribution >= 0.6 is 0 Å². The molecule has 3 rings (SSSR count). The van der Waals surface area contributed by atoms with E-state index in [1.807, 2.05) is 0 Å². The van der Waals surface area contributed by atoms with Gasteiger partial charge in [0.15, 0.2) is 0 Å². The molecule has 0 spiro atoms. The Morgan fingerprint density at radius 2 is 1.90 bits per heavy atom. The summed E-state index contributed by atoms with van der Waals surface area (Å²) in [6, 6.07) is 8.46. The minimum atomic E-state index is 0.202. The second-order valence-electron chi connectivity index (χ2n) is 6.77. The molecule has 116 valence electrons. The van der Waals surface area contributed by atoms with Crippen LogP contribution in [0.1, 0.15) is 50.0 Å². The molecular formula is C18H28N2O. The summed E-state index contributed by atoms with van der Waals surface area (Å²) in [6.07, 6.45) is 7.86. The highest BCUT2D eigenvalue weighted by atomic mass is 16.5. The number of ether oxygens (including phenoxy) is 1. The number of para-hydroxylation sites is 1. The van der Waals surface area contributed by atoms with Crippen LogP contribution in [-0.2, 0) is 0 Å². The Balaban J connectivity index is 1.72. The smallest absolute Gasteiger partial charge is 0.122 e. The lowest BCUT2D eigenvalue weighted by molar-refractivity contribution is 0.0964. The van der Waals surface area contributed by atoms with E-state index in [0.29, 0.717) is 5.92 Å². The lowest BCUT2D eigenvalue weighted by Gasteiger charge is -2.42. The molecule has 1 saturated carbocycles. The van der Waals surface area contributed by atoms with Crippen LogP contribution in [0.25, 0.3) is 0 Å². The normalized spacial score (nSPS) is 24.4. The van der Waals surface area contributed by atoms with Crippen molar-refractivity contribution in [1.82, 2.24) is 4.90 Å². The number of hydrogen-bond donors (Lipinski definition) is 1. The van der Waals surface area contributed by atoms with Crippen molar-refractivity contribution in [1.29, 1.82) is 0 Å². The highest BCUT2D eigenvalue weighted by Gasteiger charge is 2.36. The van der Waals surface area contributed by atoms with Gasteiger partial charge < -0.3 is 10.5 Å². The van der Waals surface area contributed by atoms with E-state index in [1.54, 1.807) is 0 Å². The standard InChI is InChI=1S/C18H28N2O/c1-20(18(14-19)10-6-2-3-7-11-18)12-15-13-21-17-9-5-4-8-16(15)17/h4-5,8-9,15H,2-3,6-7,10-14,19H2,1H3.